The van der Waals surface area contributed by atoms with Crippen LogP contribution in [0.5, 0.6) is 5.88 Å². The smallest absolute Gasteiger partial charge is 0.216 e. The van der Waals surface area contributed by atoms with Crippen LogP contribution in [0.15, 0.2) is 12.4 Å². The molecule has 0 radical (unpaired) electrons. The quantitative estimate of drug-likeness (QED) is 0.866. The van der Waals surface area contributed by atoms with E-state index >= 15 is 0 Å². The molecule has 2 aromatic rings. The van der Waals surface area contributed by atoms with Crippen LogP contribution in [-0.4, -0.2) is 38.3 Å². The maximum Gasteiger partial charge on any atom is 0.216 e. The number of nitrogens with zero attached hydrogens (tertiary/aromatic N) is 5. The molecule has 1 aliphatic rings. The summed E-state index contributed by atoms with van der Waals surface area (Å²) in [6.07, 6.45) is 6.01. The van der Waals surface area contributed by atoms with Crippen molar-refractivity contribution < 1.29 is 4.74 Å². The van der Waals surface area contributed by atoms with Crippen molar-refractivity contribution in [2.75, 3.05) is 13.7 Å². The van der Waals surface area contributed by atoms with Gasteiger partial charge in [0.05, 0.1) is 29.8 Å². The van der Waals surface area contributed by atoms with Crippen LogP contribution in [0.4, 0.5) is 0 Å². The van der Waals surface area contributed by atoms with Gasteiger partial charge in [0.2, 0.25) is 5.88 Å². The standard InChI is InChI=1S/C16H23N5O/c1-11-8-18-13(9-17-11)10-21-7-5-6-14(21)15-12(2)19-20(3)16(15)22-4/h8-9,14H,5-7,10H2,1-4H3. The predicted molar refractivity (Wildman–Crippen MR) is 83.7 cm³/mol. The van der Waals surface area contributed by atoms with Crippen molar-refractivity contribution in [2.24, 2.45) is 7.05 Å². The number of ether oxygens (including phenoxy) is 1. The SMILES string of the molecule is COc1c(C2CCCN2Cc2cnc(C)cn2)c(C)nn1C. The van der Waals surface area contributed by atoms with Gasteiger partial charge in [0.1, 0.15) is 0 Å². The Morgan fingerprint density at radius 3 is 2.77 bits per heavy atom. The second kappa shape index (κ2) is 6.04. The number of aryl methyl sites for hydroxylation is 3. The summed E-state index contributed by atoms with van der Waals surface area (Å²) >= 11 is 0. The van der Waals surface area contributed by atoms with Crippen LogP contribution >= 0.6 is 0 Å². The Hall–Kier alpha value is -1.95. The van der Waals surface area contributed by atoms with Gasteiger partial charge in [-0.3, -0.25) is 14.9 Å². The second-order valence-corrected chi connectivity index (χ2v) is 5.91. The van der Waals surface area contributed by atoms with E-state index in [4.69, 9.17) is 4.74 Å². The lowest BCUT2D eigenvalue weighted by Gasteiger charge is -2.24. The van der Waals surface area contributed by atoms with Crippen LogP contribution in [0, 0.1) is 13.8 Å². The molecule has 0 N–H and O–H groups in total. The highest BCUT2D eigenvalue weighted by Gasteiger charge is 2.32. The van der Waals surface area contributed by atoms with Crippen molar-refractivity contribution in [1.82, 2.24) is 24.6 Å². The van der Waals surface area contributed by atoms with Crippen molar-refractivity contribution in [1.29, 1.82) is 0 Å². The van der Waals surface area contributed by atoms with Gasteiger partial charge < -0.3 is 4.74 Å². The zero-order chi connectivity index (χ0) is 15.7. The molecule has 1 atom stereocenters. The Morgan fingerprint density at radius 1 is 1.27 bits per heavy atom. The summed E-state index contributed by atoms with van der Waals surface area (Å²) in [5.41, 5.74) is 4.22. The van der Waals surface area contributed by atoms with Gasteiger partial charge in [-0.15, -0.1) is 0 Å². The molecule has 6 nitrogen and oxygen atoms in total. The van der Waals surface area contributed by atoms with E-state index in [1.807, 2.05) is 31.0 Å². The third-order valence-corrected chi connectivity index (χ3v) is 4.30. The summed E-state index contributed by atoms with van der Waals surface area (Å²) < 4.78 is 7.40. The Labute approximate surface area is 131 Å². The van der Waals surface area contributed by atoms with Crippen LogP contribution < -0.4 is 4.74 Å². The summed E-state index contributed by atoms with van der Waals surface area (Å²) in [6.45, 7) is 5.90. The molecule has 118 valence electrons. The van der Waals surface area contributed by atoms with Gasteiger partial charge >= 0.3 is 0 Å². The van der Waals surface area contributed by atoms with Gasteiger partial charge in [0, 0.05) is 32.0 Å². The van der Waals surface area contributed by atoms with Gasteiger partial charge in [0.15, 0.2) is 0 Å². The number of rotatable bonds is 4. The lowest BCUT2D eigenvalue weighted by Crippen LogP contribution is -2.24. The monoisotopic (exact) mass is 301 g/mol. The van der Waals surface area contributed by atoms with Crippen molar-refractivity contribution >= 4 is 0 Å². The highest BCUT2D eigenvalue weighted by Crippen LogP contribution is 2.39. The molecule has 3 heterocycles. The average molecular weight is 301 g/mol. The molecule has 6 heteroatoms. The summed E-state index contributed by atoms with van der Waals surface area (Å²) in [5, 5.41) is 4.52. The molecule has 2 aromatic heterocycles. The Kier molecular flexibility index (Phi) is 4.11. The maximum absolute atomic E-state index is 5.57. The van der Waals surface area contributed by atoms with Crippen LogP contribution in [-0.2, 0) is 13.6 Å². The van der Waals surface area contributed by atoms with Crippen molar-refractivity contribution in [3.8, 4) is 5.88 Å². The highest BCUT2D eigenvalue weighted by atomic mass is 16.5. The highest BCUT2D eigenvalue weighted by molar-refractivity contribution is 5.35. The molecular weight excluding hydrogens is 278 g/mol. The zero-order valence-corrected chi connectivity index (χ0v) is 13.7. The first kappa shape index (κ1) is 15.0. The van der Waals surface area contributed by atoms with Gasteiger partial charge in [-0.05, 0) is 33.2 Å². The molecule has 3 rings (SSSR count). The topological polar surface area (TPSA) is 56.1 Å². The largest absolute Gasteiger partial charge is 0.481 e. The molecule has 1 saturated heterocycles. The Morgan fingerprint density at radius 2 is 2.09 bits per heavy atom. The minimum absolute atomic E-state index is 0.340. The van der Waals surface area contributed by atoms with Crippen LogP contribution in [0.1, 0.15) is 41.5 Å². The summed E-state index contributed by atoms with van der Waals surface area (Å²) in [5.74, 6) is 0.865. The first-order valence-electron chi connectivity index (χ1n) is 7.69. The molecule has 0 aliphatic carbocycles. The van der Waals surface area contributed by atoms with Crippen molar-refractivity contribution in [3.63, 3.8) is 0 Å². The lowest BCUT2D eigenvalue weighted by atomic mass is 10.0. The number of aromatic nitrogens is 4. The molecule has 0 amide bonds. The normalized spacial score (nSPS) is 18.8. The number of methoxy groups -OCH3 is 1. The fourth-order valence-corrected chi connectivity index (χ4v) is 3.33. The Bertz CT molecular complexity index is 649. The average Bonchev–Trinajstić information content (AvgIpc) is 3.04. The molecule has 0 saturated carbocycles. The van der Waals surface area contributed by atoms with Crippen LogP contribution in [0.25, 0.3) is 0 Å². The molecule has 0 spiro atoms. The van der Waals surface area contributed by atoms with Gasteiger partial charge in [0.25, 0.3) is 0 Å². The van der Waals surface area contributed by atoms with Crippen molar-refractivity contribution in [2.45, 2.75) is 39.3 Å². The number of hydrogen-bond acceptors (Lipinski definition) is 5. The van der Waals surface area contributed by atoms with E-state index in [0.29, 0.717) is 6.04 Å². The van der Waals surface area contributed by atoms with E-state index in [0.717, 1.165) is 42.5 Å². The molecule has 22 heavy (non-hydrogen) atoms. The molecule has 0 aromatic carbocycles. The van der Waals surface area contributed by atoms with Crippen molar-refractivity contribution in [3.05, 3.63) is 35.0 Å². The first-order valence-corrected chi connectivity index (χ1v) is 7.69. The minimum atomic E-state index is 0.340. The van der Waals surface area contributed by atoms with E-state index < -0.39 is 0 Å². The third kappa shape index (κ3) is 2.70. The first-order chi connectivity index (χ1) is 10.6. The third-order valence-electron chi connectivity index (χ3n) is 4.30. The van der Waals surface area contributed by atoms with Crippen LogP contribution in [0.2, 0.25) is 0 Å². The second-order valence-electron chi connectivity index (χ2n) is 5.91. The summed E-state index contributed by atoms with van der Waals surface area (Å²) in [4.78, 5) is 11.3. The zero-order valence-electron chi connectivity index (χ0n) is 13.7. The molecule has 1 aliphatic heterocycles. The lowest BCUT2D eigenvalue weighted by molar-refractivity contribution is 0.238. The van der Waals surface area contributed by atoms with E-state index in [2.05, 4.69) is 26.9 Å². The fourth-order valence-electron chi connectivity index (χ4n) is 3.33. The minimum Gasteiger partial charge on any atom is -0.481 e. The van der Waals surface area contributed by atoms with E-state index in [9.17, 15) is 0 Å². The van der Waals surface area contributed by atoms with E-state index in [1.165, 1.54) is 12.0 Å². The number of hydrogen-bond donors (Lipinski definition) is 0. The van der Waals surface area contributed by atoms with Crippen LogP contribution in [0.3, 0.4) is 0 Å². The molecular formula is C16H23N5O. The molecule has 1 fully saturated rings. The summed E-state index contributed by atoms with van der Waals surface area (Å²) in [7, 11) is 3.64. The van der Waals surface area contributed by atoms with E-state index in [-0.39, 0.29) is 0 Å². The summed E-state index contributed by atoms with van der Waals surface area (Å²) in [6, 6.07) is 0.340. The predicted octanol–water partition coefficient (Wildman–Crippen LogP) is 2.17. The van der Waals surface area contributed by atoms with Gasteiger partial charge in [-0.2, -0.15) is 5.10 Å². The molecule has 0 bridgehead atoms. The van der Waals surface area contributed by atoms with Gasteiger partial charge in [-0.1, -0.05) is 0 Å². The Balaban J connectivity index is 1.86. The van der Waals surface area contributed by atoms with E-state index in [1.54, 1.807) is 7.11 Å². The van der Waals surface area contributed by atoms with Gasteiger partial charge in [-0.25, -0.2) is 4.68 Å². The maximum atomic E-state index is 5.57. The number of likely N-dealkylation sites (tertiary alicyclic amines) is 1. The molecule has 1 unspecified atom stereocenters. The fraction of sp³-hybridized carbons (Fsp3) is 0.562.